The lowest BCUT2D eigenvalue weighted by Crippen LogP contribution is -2.36. The number of hydrogen-bond donors (Lipinski definition) is 2. The lowest BCUT2D eigenvalue weighted by molar-refractivity contribution is -0.127. The highest BCUT2D eigenvalue weighted by atomic mass is 16.5. The second-order valence-electron chi connectivity index (χ2n) is 4.43. The van der Waals surface area contributed by atoms with Gasteiger partial charge in [0.05, 0.1) is 6.20 Å². The zero-order chi connectivity index (χ0) is 14.1. The quantitative estimate of drug-likeness (QED) is 0.694. The van der Waals surface area contributed by atoms with Gasteiger partial charge >= 0.3 is 0 Å². The third kappa shape index (κ3) is 5.70. The molecular formula is C14H23N3O2. The summed E-state index contributed by atoms with van der Waals surface area (Å²) < 4.78 is 5.53. The number of carbonyl (C=O) groups is 1. The van der Waals surface area contributed by atoms with Crippen molar-refractivity contribution in [1.82, 2.24) is 10.3 Å². The fourth-order valence-corrected chi connectivity index (χ4v) is 1.57. The van der Waals surface area contributed by atoms with E-state index in [2.05, 4.69) is 17.2 Å². The van der Waals surface area contributed by atoms with Crippen molar-refractivity contribution >= 4 is 5.91 Å². The van der Waals surface area contributed by atoms with Gasteiger partial charge in [-0.3, -0.25) is 9.78 Å². The Morgan fingerprint density at radius 3 is 2.89 bits per heavy atom. The maximum Gasteiger partial charge on any atom is 0.260 e. The van der Waals surface area contributed by atoms with E-state index < -0.39 is 6.10 Å². The van der Waals surface area contributed by atoms with Crippen LogP contribution in [0.25, 0.3) is 0 Å². The minimum atomic E-state index is -0.515. The molecule has 1 amide bonds. The van der Waals surface area contributed by atoms with Crippen LogP contribution in [0.5, 0.6) is 5.75 Å². The minimum absolute atomic E-state index is 0.0977. The van der Waals surface area contributed by atoms with E-state index in [9.17, 15) is 4.79 Å². The molecule has 1 aromatic rings. The molecule has 0 bridgehead atoms. The van der Waals surface area contributed by atoms with Crippen LogP contribution in [0.2, 0.25) is 0 Å². The molecule has 0 aliphatic carbocycles. The molecule has 1 unspecified atom stereocenters. The molecule has 1 atom stereocenters. The second-order valence-corrected chi connectivity index (χ2v) is 4.43. The third-order valence-corrected chi connectivity index (χ3v) is 2.71. The first-order chi connectivity index (χ1) is 9.17. The first kappa shape index (κ1) is 15.4. The topological polar surface area (TPSA) is 77.2 Å². The number of unbranched alkanes of at least 4 members (excludes halogenated alkanes) is 1. The van der Waals surface area contributed by atoms with Crippen molar-refractivity contribution in [2.24, 2.45) is 5.73 Å². The number of carbonyl (C=O) groups excluding carboxylic acids is 1. The van der Waals surface area contributed by atoms with E-state index in [1.54, 1.807) is 13.1 Å². The van der Waals surface area contributed by atoms with Crippen molar-refractivity contribution < 1.29 is 9.53 Å². The summed E-state index contributed by atoms with van der Waals surface area (Å²) in [4.78, 5) is 15.9. The van der Waals surface area contributed by atoms with E-state index in [0.29, 0.717) is 18.8 Å². The molecule has 0 radical (unpaired) electrons. The predicted molar refractivity (Wildman–Crippen MR) is 75.0 cm³/mol. The largest absolute Gasteiger partial charge is 0.479 e. The van der Waals surface area contributed by atoms with Crippen LogP contribution in [0, 0.1) is 0 Å². The second kappa shape index (κ2) is 8.48. The van der Waals surface area contributed by atoms with Crippen molar-refractivity contribution in [3.63, 3.8) is 0 Å². The normalized spacial score (nSPS) is 11.9. The molecule has 0 aromatic carbocycles. The number of pyridine rings is 1. The van der Waals surface area contributed by atoms with Crippen molar-refractivity contribution in [1.29, 1.82) is 0 Å². The first-order valence-electron chi connectivity index (χ1n) is 6.76. The summed E-state index contributed by atoms with van der Waals surface area (Å²) in [7, 11) is 0. The molecule has 1 rings (SSSR count). The number of nitrogens with zero attached hydrogens (tertiary/aromatic N) is 1. The Morgan fingerprint density at radius 2 is 2.32 bits per heavy atom. The monoisotopic (exact) mass is 265 g/mol. The summed E-state index contributed by atoms with van der Waals surface area (Å²) in [5.41, 5.74) is 6.38. The van der Waals surface area contributed by atoms with Crippen LogP contribution < -0.4 is 15.8 Å². The number of amides is 1. The van der Waals surface area contributed by atoms with Gasteiger partial charge in [-0.2, -0.15) is 0 Å². The SMILES string of the molecule is CCCCNC(=O)C(C)Oc1ccc(CCN)nc1. The van der Waals surface area contributed by atoms with E-state index in [-0.39, 0.29) is 5.91 Å². The van der Waals surface area contributed by atoms with Crippen LogP contribution in [0.1, 0.15) is 32.4 Å². The smallest absolute Gasteiger partial charge is 0.260 e. The highest BCUT2D eigenvalue weighted by molar-refractivity contribution is 5.80. The number of aromatic nitrogens is 1. The van der Waals surface area contributed by atoms with Gasteiger partial charge < -0.3 is 15.8 Å². The molecule has 106 valence electrons. The van der Waals surface area contributed by atoms with Crippen LogP contribution in [-0.4, -0.2) is 30.1 Å². The average molecular weight is 265 g/mol. The Bertz CT molecular complexity index is 379. The van der Waals surface area contributed by atoms with E-state index in [0.717, 1.165) is 25.0 Å². The molecule has 5 nitrogen and oxygen atoms in total. The van der Waals surface area contributed by atoms with Gasteiger partial charge in [0.1, 0.15) is 5.75 Å². The van der Waals surface area contributed by atoms with Crippen LogP contribution in [0.3, 0.4) is 0 Å². The Labute approximate surface area is 114 Å². The molecule has 1 aromatic heterocycles. The average Bonchev–Trinajstić information content (AvgIpc) is 2.41. The summed E-state index contributed by atoms with van der Waals surface area (Å²) in [5, 5.41) is 2.83. The summed E-state index contributed by atoms with van der Waals surface area (Å²) in [6.45, 7) is 5.08. The molecule has 0 spiro atoms. The molecule has 0 saturated carbocycles. The lowest BCUT2D eigenvalue weighted by atomic mass is 10.2. The van der Waals surface area contributed by atoms with Crippen LogP contribution in [-0.2, 0) is 11.2 Å². The maximum absolute atomic E-state index is 11.7. The third-order valence-electron chi connectivity index (χ3n) is 2.71. The number of nitrogens with one attached hydrogen (secondary N) is 1. The summed E-state index contributed by atoms with van der Waals surface area (Å²) >= 11 is 0. The van der Waals surface area contributed by atoms with E-state index >= 15 is 0 Å². The zero-order valence-electron chi connectivity index (χ0n) is 11.7. The van der Waals surface area contributed by atoms with E-state index in [1.165, 1.54) is 0 Å². The van der Waals surface area contributed by atoms with Crippen LogP contribution >= 0.6 is 0 Å². The number of ether oxygens (including phenoxy) is 1. The number of nitrogens with two attached hydrogens (primary N) is 1. The van der Waals surface area contributed by atoms with Crippen LogP contribution in [0.4, 0.5) is 0 Å². The van der Waals surface area contributed by atoms with Gasteiger partial charge in [0.25, 0.3) is 5.91 Å². The van der Waals surface area contributed by atoms with Gasteiger partial charge in [-0.25, -0.2) is 0 Å². The molecule has 5 heteroatoms. The number of hydrogen-bond acceptors (Lipinski definition) is 4. The highest BCUT2D eigenvalue weighted by Gasteiger charge is 2.13. The predicted octanol–water partition coefficient (Wildman–Crippen LogP) is 1.27. The lowest BCUT2D eigenvalue weighted by Gasteiger charge is -2.14. The van der Waals surface area contributed by atoms with Crippen molar-refractivity contribution in [2.45, 2.75) is 39.2 Å². The summed E-state index contributed by atoms with van der Waals surface area (Å²) in [6, 6.07) is 3.68. The molecule has 0 aliphatic rings. The summed E-state index contributed by atoms with van der Waals surface area (Å²) in [6.07, 6.45) is 3.89. The molecule has 0 saturated heterocycles. The minimum Gasteiger partial charge on any atom is -0.479 e. The first-order valence-corrected chi connectivity index (χ1v) is 6.76. The summed E-state index contributed by atoms with van der Waals surface area (Å²) in [5.74, 6) is 0.499. The number of rotatable bonds is 8. The standard InChI is InChI=1S/C14H23N3O2/c1-3-4-9-16-14(18)11(2)19-13-6-5-12(7-8-15)17-10-13/h5-6,10-11H,3-4,7-9,15H2,1-2H3,(H,16,18). The van der Waals surface area contributed by atoms with Gasteiger partial charge in [-0.1, -0.05) is 13.3 Å². The van der Waals surface area contributed by atoms with E-state index in [1.807, 2.05) is 12.1 Å². The molecule has 1 heterocycles. The highest BCUT2D eigenvalue weighted by Crippen LogP contribution is 2.11. The van der Waals surface area contributed by atoms with Crippen molar-refractivity contribution in [3.8, 4) is 5.75 Å². The van der Waals surface area contributed by atoms with Crippen LogP contribution in [0.15, 0.2) is 18.3 Å². The van der Waals surface area contributed by atoms with Crippen molar-refractivity contribution in [3.05, 3.63) is 24.0 Å². The Hall–Kier alpha value is -1.62. The molecule has 0 aliphatic heterocycles. The van der Waals surface area contributed by atoms with Gasteiger partial charge in [0.2, 0.25) is 0 Å². The Balaban J connectivity index is 2.42. The Morgan fingerprint density at radius 1 is 1.53 bits per heavy atom. The van der Waals surface area contributed by atoms with Gasteiger partial charge in [-0.15, -0.1) is 0 Å². The fraction of sp³-hybridized carbons (Fsp3) is 0.571. The molecule has 19 heavy (non-hydrogen) atoms. The molecule has 0 fully saturated rings. The van der Waals surface area contributed by atoms with Gasteiger partial charge in [0, 0.05) is 18.7 Å². The molecule has 3 N–H and O–H groups in total. The Kier molecular flexibility index (Phi) is 6.89. The van der Waals surface area contributed by atoms with Gasteiger partial charge in [0.15, 0.2) is 6.10 Å². The van der Waals surface area contributed by atoms with Gasteiger partial charge in [-0.05, 0) is 32.0 Å². The van der Waals surface area contributed by atoms with Crippen molar-refractivity contribution in [2.75, 3.05) is 13.1 Å². The fourth-order valence-electron chi connectivity index (χ4n) is 1.57. The molecular weight excluding hydrogens is 242 g/mol. The maximum atomic E-state index is 11.7. The zero-order valence-corrected chi connectivity index (χ0v) is 11.7. The van der Waals surface area contributed by atoms with E-state index in [4.69, 9.17) is 10.5 Å².